The highest BCUT2D eigenvalue weighted by Gasteiger charge is 2.63. The maximum Gasteiger partial charge on any atom is 0.438 e. The molecule has 1 unspecified atom stereocenters. The van der Waals surface area contributed by atoms with Gasteiger partial charge in [-0.2, -0.15) is 13.2 Å². The Hall–Kier alpha value is -4.07. The zero-order valence-corrected chi connectivity index (χ0v) is 34.5. The second-order valence-electron chi connectivity index (χ2n) is 17.4. The third kappa shape index (κ3) is 9.37. The largest absolute Gasteiger partial charge is 0.497 e. The number of rotatable bonds is 9. The summed E-state index contributed by atoms with van der Waals surface area (Å²) in [6, 6.07) is 1.60. The Labute approximate surface area is 335 Å². The molecule has 3 heterocycles. The van der Waals surface area contributed by atoms with Crippen molar-refractivity contribution in [2.45, 2.75) is 133 Å². The van der Waals surface area contributed by atoms with E-state index in [4.69, 9.17) is 14.2 Å². The molecule has 0 spiro atoms. The molecule has 6 rings (SSSR count). The fourth-order valence-corrected chi connectivity index (χ4v) is 9.03. The quantitative estimate of drug-likeness (QED) is 0.210. The number of halogens is 3. The van der Waals surface area contributed by atoms with Gasteiger partial charge in [0.05, 0.1) is 41.1 Å². The highest BCUT2D eigenvalue weighted by molar-refractivity contribution is 7.91. The number of amides is 3. The van der Waals surface area contributed by atoms with Crippen LogP contribution in [-0.4, -0.2) is 100 Å². The van der Waals surface area contributed by atoms with Gasteiger partial charge in [-0.15, -0.1) is 0 Å². The molecular weight excluding hydrogens is 786 g/mol. The smallest absolute Gasteiger partial charge is 0.438 e. The van der Waals surface area contributed by atoms with Crippen LogP contribution in [0.5, 0.6) is 11.6 Å². The van der Waals surface area contributed by atoms with Crippen LogP contribution in [0.25, 0.3) is 11.0 Å². The topological polar surface area (TPSA) is 198 Å². The lowest BCUT2D eigenvalue weighted by atomic mass is 9.88. The maximum atomic E-state index is 14.8. The molecule has 0 radical (unpaired) electrons. The monoisotopic (exact) mass is 838 g/mol. The summed E-state index contributed by atoms with van der Waals surface area (Å²) in [5.41, 5.74) is -3.95. The third-order valence-electron chi connectivity index (χ3n) is 11.4. The lowest BCUT2D eigenvalue weighted by Crippen LogP contribution is -2.60. The molecule has 1 aromatic heterocycles. The van der Waals surface area contributed by atoms with Gasteiger partial charge in [0.1, 0.15) is 23.4 Å². The first-order chi connectivity index (χ1) is 26.9. The predicted octanol–water partition coefficient (Wildman–Crippen LogP) is 3.94. The van der Waals surface area contributed by atoms with Crippen LogP contribution in [0.2, 0.25) is 0 Å². The summed E-state index contributed by atoms with van der Waals surface area (Å²) in [4.78, 5) is 52.3. The summed E-state index contributed by atoms with van der Waals surface area (Å²) < 4.78 is 87.6. The molecule has 3 amide bonds. The number of methoxy groups -OCH3 is 1. The van der Waals surface area contributed by atoms with E-state index in [1.807, 2.05) is 19.9 Å². The number of carbonyl (C=O) groups excluding carboxylic acids is 3. The molecule has 2 saturated carbocycles. The van der Waals surface area contributed by atoms with Crippen molar-refractivity contribution < 1.29 is 55.3 Å². The molecule has 58 heavy (non-hydrogen) atoms. The molecule has 320 valence electrons. The standard InChI is InChI=1S/C39H53F3N6O9S/c1-21-10-8-9-11-23-19-38(23,34(51)47-58(53,54)37(6)14-15-37)46-31(49)28-18-25(20-48(28)33(50)29(22(2)16-21)45-35(52)57-36(3,4)5)56-32-30(39(40,41)42)43-26-13-12-24(55-7)17-27(26)44-32/h9,11-13,17,21-23,25,28-29,35,45,52H,8,10,14-16,18-20H2,1-7H3,(H,46,49)(H,47,51)/b11-9-/t21-,22-,23-,25-,28+,29+,35?,38-/m1/s1. The van der Waals surface area contributed by atoms with Gasteiger partial charge in [-0.3, -0.25) is 24.4 Å². The van der Waals surface area contributed by atoms with Crippen molar-refractivity contribution in [2.75, 3.05) is 13.7 Å². The molecule has 19 heteroatoms. The van der Waals surface area contributed by atoms with Crippen LogP contribution < -0.4 is 24.8 Å². The summed E-state index contributed by atoms with van der Waals surface area (Å²) in [6.07, 6.45) is -1.92. The second kappa shape index (κ2) is 15.8. The van der Waals surface area contributed by atoms with Gasteiger partial charge in [0.25, 0.3) is 5.91 Å². The molecule has 8 atom stereocenters. The van der Waals surface area contributed by atoms with Gasteiger partial charge in [0.2, 0.25) is 39.8 Å². The van der Waals surface area contributed by atoms with Gasteiger partial charge >= 0.3 is 6.18 Å². The van der Waals surface area contributed by atoms with E-state index < -0.39 is 104 Å². The normalized spacial score (nSPS) is 30.2. The molecule has 4 aliphatic rings. The first-order valence-corrected chi connectivity index (χ1v) is 21.0. The van der Waals surface area contributed by atoms with Crippen molar-refractivity contribution in [3.05, 3.63) is 36.0 Å². The van der Waals surface area contributed by atoms with E-state index in [0.29, 0.717) is 37.9 Å². The minimum absolute atomic E-state index is 0.0415. The Morgan fingerprint density at radius 1 is 1.10 bits per heavy atom. The highest BCUT2D eigenvalue weighted by Crippen LogP contribution is 2.48. The average molecular weight is 839 g/mol. The lowest BCUT2D eigenvalue weighted by Gasteiger charge is -2.35. The first kappa shape index (κ1) is 43.5. The Balaban J connectivity index is 1.38. The number of hydrogen-bond donors (Lipinski definition) is 4. The number of allylic oxidation sites excluding steroid dienone is 1. The van der Waals surface area contributed by atoms with Crippen molar-refractivity contribution in [2.24, 2.45) is 17.8 Å². The van der Waals surface area contributed by atoms with Crippen LogP contribution in [0.3, 0.4) is 0 Å². The van der Waals surface area contributed by atoms with E-state index in [9.17, 15) is 41.1 Å². The number of aromatic nitrogens is 2. The van der Waals surface area contributed by atoms with Crippen molar-refractivity contribution in [3.8, 4) is 11.6 Å². The number of aliphatic hydroxyl groups excluding tert-OH is 1. The summed E-state index contributed by atoms with van der Waals surface area (Å²) in [7, 11) is -2.71. The molecule has 4 N–H and O–H groups in total. The van der Waals surface area contributed by atoms with Crippen molar-refractivity contribution in [1.82, 2.24) is 30.2 Å². The second-order valence-corrected chi connectivity index (χ2v) is 19.6. The minimum atomic E-state index is -5.00. The number of fused-ring (bicyclic) bond motifs is 3. The number of carbonyl (C=O) groups is 3. The van der Waals surface area contributed by atoms with E-state index in [-0.39, 0.29) is 29.8 Å². The molecule has 15 nitrogen and oxygen atoms in total. The molecule has 1 aromatic carbocycles. The highest BCUT2D eigenvalue weighted by atomic mass is 32.2. The molecule has 2 aliphatic carbocycles. The van der Waals surface area contributed by atoms with Gasteiger partial charge < -0.3 is 29.5 Å². The van der Waals surface area contributed by atoms with Gasteiger partial charge in [0.15, 0.2) is 0 Å². The maximum absolute atomic E-state index is 14.8. The molecule has 2 aliphatic heterocycles. The summed E-state index contributed by atoms with van der Waals surface area (Å²) >= 11 is 0. The Bertz CT molecular complexity index is 2060. The molecule has 1 saturated heterocycles. The summed E-state index contributed by atoms with van der Waals surface area (Å²) in [6.45, 7) is 10.1. The number of nitrogens with one attached hydrogen (secondary N) is 3. The zero-order valence-electron chi connectivity index (χ0n) is 33.7. The van der Waals surface area contributed by atoms with Crippen LogP contribution >= 0.6 is 0 Å². The van der Waals surface area contributed by atoms with Gasteiger partial charge in [-0.25, -0.2) is 18.4 Å². The van der Waals surface area contributed by atoms with Crippen LogP contribution in [0.1, 0.15) is 92.2 Å². The Kier molecular flexibility index (Phi) is 11.9. The van der Waals surface area contributed by atoms with E-state index >= 15 is 0 Å². The van der Waals surface area contributed by atoms with Gasteiger partial charge in [0, 0.05) is 18.4 Å². The van der Waals surface area contributed by atoms with Crippen molar-refractivity contribution in [1.29, 1.82) is 0 Å². The van der Waals surface area contributed by atoms with Crippen LogP contribution in [0.4, 0.5) is 13.2 Å². The van der Waals surface area contributed by atoms with Crippen molar-refractivity contribution in [3.63, 3.8) is 0 Å². The predicted molar refractivity (Wildman–Crippen MR) is 204 cm³/mol. The van der Waals surface area contributed by atoms with E-state index in [1.165, 1.54) is 32.2 Å². The number of sulfonamides is 1. The van der Waals surface area contributed by atoms with Gasteiger partial charge in [-0.05, 0) is 90.2 Å². The van der Waals surface area contributed by atoms with Crippen LogP contribution in [-0.2, 0) is 35.3 Å². The number of hydrogen-bond acceptors (Lipinski definition) is 12. The fourth-order valence-electron chi connectivity index (χ4n) is 7.72. The van der Waals surface area contributed by atoms with E-state index in [0.717, 1.165) is 4.90 Å². The van der Waals surface area contributed by atoms with Crippen molar-refractivity contribution >= 4 is 38.8 Å². The molecular formula is C39H53F3N6O9S. The Morgan fingerprint density at radius 2 is 1.81 bits per heavy atom. The SMILES string of the molecule is COc1ccc2nc(C(F)(F)F)c(O[C@@H]3C[C@H]4C(=O)N[C@]5(C(=O)NS(=O)(=O)C6(C)CC6)C[C@H]5/C=C\CC[C@@H](C)C[C@@H](C)[C@H](NC(O)OC(C)(C)C)C(=O)N4C3)nc2c1. The number of aliphatic hydroxyl groups is 1. The average Bonchev–Trinajstić information content (AvgIpc) is 4.00. The summed E-state index contributed by atoms with van der Waals surface area (Å²) in [5, 5.41) is 16.6. The van der Waals surface area contributed by atoms with E-state index in [2.05, 4.69) is 25.3 Å². The zero-order chi connectivity index (χ0) is 42.6. The summed E-state index contributed by atoms with van der Waals surface area (Å²) in [5.74, 6) is -3.95. The first-order valence-electron chi connectivity index (χ1n) is 19.5. The Morgan fingerprint density at radius 3 is 2.45 bits per heavy atom. The van der Waals surface area contributed by atoms with Crippen LogP contribution in [0, 0.1) is 17.8 Å². The van der Waals surface area contributed by atoms with Gasteiger partial charge in [-0.1, -0.05) is 26.0 Å². The minimum Gasteiger partial charge on any atom is -0.497 e. The number of alkyl halides is 3. The third-order valence-corrected chi connectivity index (χ3v) is 13.6. The lowest BCUT2D eigenvalue weighted by molar-refractivity contribution is -0.190. The number of benzene rings is 1. The fraction of sp³-hybridized carbons (Fsp3) is 0.667. The number of nitrogens with zero attached hydrogens (tertiary/aromatic N) is 3. The van der Waals surface area contributed by atoms with Crippen LogP contribution in [0.15, 0.2) is 30.4 Å². The molecule has 0 bridgehead atoms. The molecule has 3 fully saturated rings. The van der Waals surface area contributed by atoms with E-state index in [1.54, 1.807) is 26.8 Å². The molecule has 2 aromatic rings. The number of ether oxygens (including phenoxy) is 3.